The summed E-state index contributed by atoms with van der Waals surface area (Å²) in [6.45, 7) is 0. The van der Waals surface area contributed by atoms with Gasteiger partial charge in [0.15, 0.2) is 0 Å². The van der Waals surface area contributed by atoms with Crippen LogP contribution in [0.2, 0.25) is 0 Å². The fraction of sp³-hybridized carbons (Fsp3) is 0. The molecule has 0 bridgehead atoms. The van der Waals surface area contributed by atoms with E-state index < -0.39 is 0 Å². The number of nitrogens with zero attached hydrogens (tertiary/aromatic N) is 5. The van der Waals surface area contributed by atoms with Gasteiger partial charge in [-0.05, 0) is 48.5 Å². The van der Waals surface area contributed by atoms with E-state index in [1.807, 2.05) is 48.5 Å². The van der Waals surface area contributed by atoms with Gasteiger partial charge in [-0.15, -0.1) is 10.2 Å². The normalized spacial score (nSPS) is 10.9. The van der Waals surface area contributed by atoms with Gasteiger partial charge < -0.3 is 10.3 Å². The first-order valence-corrected chi connectivity index (χ1v) is 8.95. The van der Waals surface area contributed by atoms with Crippen LogP contribution in [0.1, 0.15) is 10.5 Å². The van der Waals surface area contributed by atoms with E-state index in [1.165, 1.54) is 12.7 Å². The number of hydrogen-bond acceptors (Lipinski definition) is 5. The number of rotatable bonds is 4. The number of imidazole rings is 1. The molecule has 0 aliphatic heterocycles. The number of nitrogens with one attached hydrogen (secondary N) is 2. The second-order valence-corrected chi connectivity index (χ2v) is 6.38. The van der Waals surface area contributed by atoms with E-state index in [-0.39, 0.29) is 5.91 Å². The lowest BCUT2D eigenvalue weighted by molar-refractivity contribution is 0.102. The van der Waals surface area contributed by atoms with Crippen LogP contribution in [0.5, 0.6) is 0 Å². The summed E-state index contributed by atoms with van der Waals surface area (Å²) in [7, 11) is 0. The van der Waals surface area contributed by atoms with E-state index in [4.69, 9.17) is 0 Å². The minimum atomic E-state index is -0.295. The summed E-state index contributed by atoms with van der Waals surface area (Å²) < 4.78 is 1.64. The quantitative estimate of drug-likeness (QED) is 0.496. The molecule has 3 aromatic heterocycles. The van der Waals surface area contributed by atoms with Crippen molar-refractivity contribution in [3.8, 4) is 17.2 Å². The van der Waals surface area contributed by atoms with Crippen molar-refractivity contribution in [2.24, 2.45) is 0 Å². The molecule has 8 nitrogen and oxygen atoms in total. The molecule has 5 aromatic rings. The molecule has 0 saturated heterocycles. The van der Waals surface area contributed by atoms with Gasteiger partial charge in [-0.3, -0.25) is 9.36 Å². The molecule has 0 fully saturated rings. The molecule has 0 aliphatic carbocycles. The zero-order valence-corrected chi connectivity index (χ0v) is 15.1. The Bertz CT molecular complexity index is 1260. The first-order chi connectivity index (χ1) is 14.3. The van der Waals surface area contributed by atoms with Crippen LogP contribution >= 0.6 is 0 Å². The van der Waals surface area contributed by atoms with Crippen molar-refractivity contribution >= 4 is 22.6 Å². The number of anilines is 1. The molecule has 0 atom stereocenters. The average Bonchev–Trinajstić information content (AvgIpc) is 3.44. The van der Waals surface area contributed by atoms with Gasteiger partial charge in [-0.1, -0.05) is 18.2 Å². The molecule has 2 aromatic carbocycles. The number of hydrogen-bond donors (Lipinski definition) is 2. The highest BCUT2D eigenvalue weighted by molar-refractivity contribution is 6.03. The van der Waals surface area contributed by atoms with Gasteiger partial charge in [0.05, 0.1) is 11.0 Å². The summed E-state index contributed by atoms with van der Waals surface area (Å²) in [6, 6.07) is 20.6. The summed E-state index contributed by atoms with van der Waals surface area (Å²) in [5, 5.41) is 10.4. The Morgan fingerprint density at radius 3 is 2.45 bits per heavy atom. The summed E-state index contributed by atoms with van der Waals surface area (Å²) in [5.41, 5.74) is 3.81. The Labute approximate surface area is 165 Å². The van der Waals surface area contributed by atoms with E-state index in [2.05, 4.69) is 30.5 Å². The lowest BCUT2D eigenvalue weighted by Crippen LogP contribution is -2.14. The number of aromatic nitrogens is 6. The molecule has 0 radical (unpaired) electrons. The van der Waals surface area contributed by atoms with Gasteiger partial charge in [-0.2, -0.15) is 0 Å². The highest BCUT2D eigenvalue weighted by atomic mass is 16.1. The molecule has 8 heteroatoms. The zero-order chi connectivity index (χ0) is 19.6. The molecule has 0 aliphatic rings. The fourth-order valence-corrected chi connectivity index (χ4v) is 3.01. The Kier molecular flexibility index (Phi) is 4.06. The minimum absolute atomic E-state index is 0.295. The van der Waals surface area contributed by atoms with E-state index in [0.717, 1.165) is 22.4 Å². The number of carbonyl (C=O) groups excluding carboxylic acids is 1. The topological polar surface area (TPSA) is 101 Å². The summed E-state index contributed by atoms with van der Waals surface area (Å²) in [4.78, 5) is 24.8. The third-order valence-electron chi connectivity index (χ3n) is 4.46. The van der Waals surface area contributed by atoms with E-state index in [0.29, 0.717) is 17.2 Å². The Balaban J connectivity index is 1.34. The molecule has 0 unspecified atom stereocenters. The van der Waals surface area contributed by atoms with Gasteiger partial charge in [0.1, 0.15) is 30.0 Å². The van der Waals surface area contributed by atoms with Crippen molar-refractivity contribution in [1.82, 2.24) is 29.7 Å². The van der Waals surface area contributed by atoms with Gasteiger partial charge in [0, 0.05) is 11.3 Å². The monoisotopic (exact) mass is 381 g/mol. The Morgan fingerprint density at radius 1 is 0.862 bits per heavy atom. The number of fused-ring (bicyclic) bond motifs is 1. The van der Waals surface area contributed by atoms with Crippen LogP contribution in [0.3, 0.4) is 0 Å². The molecule has 0 saturated carbocycles. The molecular formula is C21H15N7O. The number of carbonyl (C=O) groups is 1. The largest absolute Gasteiger partial charge is 0.338 e. The van der Waals surface area contributed by atoms with Crippen LogP contribution in [-0.4, -0.2) is 35.6 Å². The molecular weight excluding hydrogens is 366 g/mol. The first-order valence-electron chi connectivity index (χ1n) is 8.95. The second kappa shape index (κ2) is 7.01. The van der Waals surface area contributed by atoms with Crippen LogP contribution < -0.4 is 5.32 Å². The number of amides is 1. The molecule has 29 heavy (non-hydrogen) atoms. The van der Waals surface area contributed by atoms with Crippen molar-refractivity contribution in [3.63, 3.8) is 0 Å². The van der Waals surface area contributed by atoms with Crippen molar-refractivity contribution < 1.29 is 4.79 Å². The Hall–Kier alpha value is -4.33. The predicted molar refractivity (Wildman–Crippen MR) is 109 cm³/mol. The highest BCUT2D eigenvalue weighted by Gasteiger charge is 2.10. The van der Waals surface area contributed by atoms with E-state index in [1.54, 1.807) is 22.8 Å². The lowest BCUT2D eigenvalue weighted by Gasteiger charge is -2.07. The number of H-pyrrole nitrogens is 1. The third-order valence-corrected chi connectivity index (χ3v) is 4.46. The summed E-state index contributed by atoms with van der Waals surface area (Å²) >= 11 is 0. The van der Waals surface area contributed by atoms with Gasteiger partial charge in [-0.25, -0.2) is 9.97 Å². The maximum atomic E-state index is 12.6. The average molecular weight is 381 g/mol. The SMILES string of the molecule is O=C(Nc1ccc(-c2nc3ccccc3[nH]2)cc1)c1cccc(-n2cnnc2)n1. The number of pyridine rings is 1. The molecule has 2 N–H and O–H groups in total. The van der Waals surface area contributed by atoms with Gasteiger partial charge in [0.25, 0.3) is 5.91 Å². The van der Waals surface area contributed by atoms with Crippen molar-refractivity contribution in [1.29, 1.82) is 0 Å². The van der Waals surface area contributed by atoms with Gasteiger partial charge >= 0.3 is 0 Å². The molecule has 140 valence electrons. The fourth-order valence-electron chi connectivity index (χ4n) is 3.01. The van der Waals surface area contributed by atoms with Crippen LogP contribution in [0.4, 0.5) is 5.69 Å². The van der Waals surface area contributed by atoms with E-state index in [9.17, 15) is 4.79 Å². The zero-order valence-electron chi connectivity index (χ0n) is 15.1. The molecule has 1 amide bonds. The predicted octanol–water partition coefficient (Wildman–Crippen LogP) is 3.46. The molecule has 0 spiro atoms. The van der Waals surface area contributed by atoms with Gasteiger partial charge in [0.2, 0.25) is 0 Å². The van der Waals surface area contributed by atoms with Crippen LogP contribution in [0.25, 0.3) is 28.2 Å². The smallest absolute Gasteiger partial charge is 0.274 e. The van der Waals surface area contributed by atoms with Crippen molar-refractivity contribution in [2.75, 3.05) is 5.32 Å². The number of aromatic amines is 1. The van der Waals surface area contributed by atoms with Crippen LogP contribution in [0, 0.1) is 0 Å². The molecule has 5 rings (SSSR count). The maximum Gasteiger partial charge on any atom is 0.274 e. The first kappa shape index (κ1) is 16.8. The van der Waals surface area contributed by atoms with Crippen LogP contribution in [0.15, 0.2) is 79.4 Å². The summed E-state index contributed by atoms with van der Waals surface area (Å²) in [6.07, 6.45) is 3.06. The molecule has 3 heterocycles. The lowest BCUT2D eigenvalue weighted by atomic mass is 10.2. The minimum Gasteiger partial charge on any atom is -0.338 e. The maximum absolute atomic E-state index is 12.6. The highest BCUT2D eigenvalue weighted by Crippen LogP contribution is 2.22. The third kappa shape index (κ3) is 3.34. The number of para-hydroxylation sites is 2. The summed E-state index contributed by atoms with van der Waals surface area (Å²) in [5.74, 6) is 1.06. The second-order valence-electron chi connectivity index (χ2n) is 6.38. The number of benzene rings is 2. The standard InChI is InChI=1S/C21H15N7O/c29-21(18-6-3-7-19(25-18)28-12-22-23-13-28)24-15-10-8-14(9-11-15)20-26-16-4-1-2-5-17(16)27-20/h1-13H,(H,24,29)(H,26,27). The van der Waals surface area contributed by atoms with Crippen LogP contribution in [-0.2, 0) is 0 Å². The van der Waals surface area contributed by atoms with Crippen molar-refractivity contribution in [3.05, 3.63) is 85.1 Å². The van der Waals surface area contributed by atoms with Crippen molar-refractivity contribution in [2.45, 2.75) is 0 Å². The van der Waals surface area contributed by atoms with E-state index >= 15 is 0 Å². The Morgan fingerprint density at radius 2 is 1.66 bits per heavy atom.